The summed E-state index contributed by atoms with van der Waals surface area (Å²) in [5.74, 6) is 2.09. The predicted molar refractivity (Wildman–Crippen MR) is 110 cm³/mol. The van der Waals surface area contributed by atoms with E-state index in [9.17, 15) is 4.79 Å². The van der Waals surface area contributed by atoms with Crippen molar-refractivity contribution in [2.75, 3.05) is 0 Å². The number of carbonyl (C=O) groups excluding carboxylic acids is 1. The van der Waals surface area contributed by atoms with E-state index in [1.54, 1.807) is 30.0 Å². The zero-order valence-electron chi connectivity index (χ0n) is 14.8. The number of amides is 1. The maximum atomic E-state index is 12.4. The van der Waals surface area contributed by atoms with Crippen molar-refractivity contribution < 1.29 is 9.32 Å². The highest BCUT2D eigenvalue weighted by Crippen LogP contribution is 2.38. The van der Waals surface area contributed by atoms with Gasteiger partial charge >= 0.3 is 0 Å². The van der Waals surface area contributed by atoms with E-state index in [1.165, 1.54) is 0 Å². The second kappa shape index (κ2) is 8.55. The molecule has 0 atom stereocenters. The van der Waals surface area contributed by atoms with Crippen LogP contribution in [0.2, 0.25) is 10.0 Å². The summed E-state index contributed by atoms with van der Waals surface area (Å²) in [4.78, 5) is 17.7. The third-order valence-electron chi connectivity index (χ3n) is 4.30. The van der Waals surface area contributed by atoms with Crippen LogP contribution in [-0.2, 0) is 12.3 Å². The molecule has 0 unspecified atom stereocenters. The normalized spacial score (nSPS) is 13.5. The molecule has 0 radical (unpaired) electrons. The summed E-state index contributed by atoms with van der Waals surface area (Å²) in [5.41, 5.74) is 1.60. The van der Waals surface area contributed by atoms with Gasteiger partial charge in [0.05, 0.1) is 11.6 Å². The Hall–Kier alpha value is -2.02. The molecule has 8 heteroatoms. The van der Waals surface area contributed by atoms with Gasteiger partial charge in [0, 0.05) is 27.2 Å². The molecule has 3 aromatic rings. The van der Waals surface area contributed by atoms with Crippen LogP contribution in [0.3, 0.4) is 0 Å². The van der Waals surface area contributed by atoms with Crippen molar-refractivity contribution in [3.05, 3.63) is 75.4 Å². The van der Waals surface area contributed by atoms with Crippen LogP contribution in [-0.4, -0.2) is 16.0 Å². The van der Waals surface area contributed by atoms with Crippen LogP contribution < -0.4 is 5.32 Å². The molecule has 5 nitrogen and oxygen atoms in total. The van der Waals surface area contributed by atoms with Gasteiger partial charge < -0.3 is 9.84 Å². The molecule has 0 saturated heterocycles. The topological polar surface area (TPSA) is 68.0 Å². The number of rotatable bonds is 7. The molecular weight excluding hydrogens is 417 g/mol. The zero-order valence-corrected chi connectivity index (χ0v) is 17.2. The van der Waals surface area contributed by atoms with E-state index in [0.717, 1.165) is 29.1 Å². The number of halogens is 2. The Kier molecular flexibility index (Phi) is 5.90. The third kappa shape index (κ3) is 4.87. The van der Waals surface area contributed by atoms with Gasteiger partial charge in [0.1, 0.15) is 0 Å². The summed E-state index contributed by atoms with van der Waals surface area (Å²) in [6, 6.07) is 12.9. The van der Waals surface area contributed by atoms with Crippen molar-refractivity contribution in [3.63, 3.8) is 0 Å². The maximum Gasteiger partial charge on any atom is 0.251 e. The Bertz CT molecular complexity index is 1000. The Morgan fingerprint density at radius 2 is 2.07 bits per heavy atom. The molecule has 1 fully saturated rings. The molecule has 0 bridgehead atoms. The predicted octanol–water partition coefficient (Wildman–Crippen LogP) is 5.48. The number of carbonyl (C=O) groups is 1. The van der Waals surface area contributed by atoms with E-state index in [-0.39, 0.29) is 12.5 Å². The highest BCUT2D eigenvalue weighted by atomic mass is 35.5. The van der Waals surface area contributed by atoms with E-state index in [1.807, 2.05) is 24.3 Å². The van der Waals surface area contributed by atoms with Crippen LogP contribution in [0, 0.1) is 0 Å². The summed E-state index contributed by atoms with van der Waals surface area (Å²) in [7, 11) is 0. The molecule has 4 rings (SSSR count). The minimum atomic E-state index is -0.182. The largest absolute Gasteiger partial charge is 0.343 e. The number of nitrogens with zero attached hydrogens (tertiary/aromatic N) is 2. The third-order valence-corrected chi connectivity index (χ3v) is 6.11. The molecule has 28 heavy (non-hydrogen) atoms. The SMILES string of the molecule is O=C(NCc1nc(C2CC2)no1)c1cccc(CSc2cc(Cl)ccc2Cl)c1. The van der Waals surface area contributed by atoms with Crippen LogP contribution in [0.5, 0.6) is 0 Å². The minimum absolute atomic E-state index is 0.182. The second-order valence-corrected chi connectivity index (χ2v) is 8.43. The van der Waals surface area contributed by atoms with Crippen molar-refractivity contribution in [1.29, 1.82) is 0 Å². The number of aromatic nitrogens is 2. The lowest BCUT2D eigenvalue weighted by Crippen LogP contribution is -2.23. The summed E-state index contributed by atoms with van der Waals surface area (Å²) in [6.45, 7) is 0.218. The van der Waals surface area contributed by atoms with E-state index in [0.29, 0.717) is 33.2 Å². The van der Waals surface area contributed by atoms with Gasteiger partial charge in [0.25, 0.3) is 5.91 Å². The Morgan fingerprint density at radius 1 is 1.21 bits per heavy atom. The fraction of sp³-hybridized carbons (Fsp3) is 0.250. The fourth-order valence-corrected chi connectivity index (χ4v) is 4.09. The van der Waals surface area contributed by atoms with Crippen molar-refractivity contribution >= 4 is 40.9 Å². The highest BCUT2D eigenvalue weighted by Gasteiger charge is 2.28. The van der Waals surface area contributed by atoms with Gasteiger partial charge in [-0.25, -0.2) is 0 Å². The first-order valence-electron chi connectivity index (χ1n) is 8.86. The Labute approximate surface area is 176 Å². The smallest absolute Gasteiger partial charge is 0.251 e. The molecule has 1 saturated carbocycles. The van der Waals surface area contributed by atoms with Crippen LogP contribution in [0.25, 0.3) is 0 Å². The van der Waals surface area contributed by atoms with Crippen LogP contribution in [0.15, 0.2) is 51.9 Å². The molecule has 1 aliphatic rings. The zero-order chi connectivity index (χ0) is 19.5. The molecule has 0 aliphatic heterocycles. The first-order chi connectivity index (χ1) is 13.6. The number of nitrogens with one attached hydrogen (secondary N) is 1. The van der Waals surface area contributed by atoms with Crippen molar-refractivity contribution in [3.8, 4) is 0 Å². The number of thioether (sulfide) groups is 1. The first kappa shape index (κ1) is 19.3. The van der Waals surface area contributed by atoms with E-state index in [4.69, 9.17) is 27.7 Å². The molecule has 0 spiro atoms. The average molecular weight is 434 g/mol. The van der Waals surface area contributed by atoms with Crippen LogP contribution >= 0.6 is 35.0 Å². The summed E-state index contributed by atoms with van der Waals surface area (Å²) >= 11 is 13.8. The van der Waals surface area contributed by atoms with E-state index < -0.39 is 0 Å². The summed E-state index contributed by atoms with van der Waals surface area (Å²) < 4.78 is 5.18. The fourth-order valence-electron chi connectivity index (χ4n) is 2.66. The first-order valence-corrected chi connectivity index (χ1v) is 10.6. The van der Waals surface area contributed by atoms with Gasteiger partial charge in [-0.2, -0.15) is 4.98 Å². The molecule has 1 aliphatic carbocycles. The maximum absolute atomic E-state index is 12.4. The number of hydrogen-bond acceptors (Lipinski definition) is 5. The molecule has 1 N–H and O–H groups in total. The van der Waals surface area contributed by atoms with Gasteiger partial charge in [-0.1, -0.05) is 40.5 Å². The van der Waals surface area contributed by atoms with Gasteiger partial charge in [-0.05, 0) is 48.7 Å². The van der Waals surface area contributed by atoms with Gasteiger partial charge in [-0.15, -0.1) is 11.8 Å². The molecule has 1 amide bonds. The highest BCUT2D eigenvalue weighted by molar-refractivity contribution is 7.98. The monoisotopic (exact) mass is 433 g/mol. The Morgan fingerprint density at radius 3 is 2.89 bits per heavy atom. The van der Waals surface area contributed by atoms with E-state index in [2.05, 4.69) is 15.5 Å². The van der Waals surface area contributed by atoms with Crippen molar-refractivity contribution in [2.24, 2.45) is 0 Å². The quantitative estimate of drug-likeness (QED) is 0.499. The molecule has 1 aromatic heterocycles. The number of benzene rings is 2. The van der Waals surface area contributed by atoms with Gasteiger partial charge in [-0.3, -0.25) is 4.79 Å². The lowest BCUT2D eigenvalue weighted by Gasteiger charge is -2.07. The lowest BCUT2D eigenvalue weighted by molar-refractivity contribution is 0.0946. The van der Waals surface area contributed by atoms with E-state index >= 15 is 0 Å². The summed E-state index contributed by atoms with van der Waals surface area (Å²) in [6.07, 6.45) is 2.22. The van der Waals surface area contributed by atoms with Crippen molar-refractivity contribution in [2.45, 2.75) is 36.0 Å². The van der Waals surface area contributed by atoms with Crippen LogP contribution in [0.4, 0.5) is 0 Å². The second-order valence-electron chi connectivity index (χ2n) is 6.57. The molecular formula is C20H17Cl2N3O2S. The Balaban J connectivity index is 1.35. The minimum Gasteiger partial charge on any atom is -0.343 e. The molecule has 1 heterocycles. The average Bonchev–Trinajstić information content (AvgIpc) is 3.45. The standard InChI is InChI=1S/C20H17Cl2N3O2S/c21-15-6-7-16(22)17(9-15)28-11-12-2-1-3-14(8-12)20(26)23-10-18-24-19(25-27-18)13-4-5-13/h1-3,6-9,13H,4-5,10-11H2,(H,23,26). The number of hydrogen-bond donors (Lipinski definition) is 1. The van der Waals surface area contributed by atoms with Crippen LogP contribution in [0.1, 0.15) is 46.4 Å². The van der Waals surface area contributed by atoms with Gasteiger partial charge in [0.2, 0.25) is 5.89 Å². The molecule has 2 aromatic carbocycles. The lowest BCUT2D eigenvalue weighted by atomic mass is 10.1. The van der Waals surface area contributed by atoms with Gasteiger partial charge in [0.15, 0.2) is 5.82 Å². The molecule has 144 valence electrons. The van der Waals surface area contributed by atoms with Crippen molar-refractivity contribution in [1.82, 2.24) is 15.5 Å². The summed E-state index contributed by atoms with van der Waals surface area (Å²) in [5, 5.41) is 8.08.